The molecule has 1 saturated carbocycles. The normalized spacial score (nSPS) is 26.9. The van der Waals surface area contributed by atoms with Gasteiger partial charge in [0.2, 0.25) is 0 Å². The van der Waals surface area contributed by atoms with Crippen LogP contribution in [-0.4, -0.2) is 26.5 Å². The van der Waals surface area contributed by atoms with E-state index in [1.165, 1.54) is 24.8 Å². The minimum Gasteiger partial charge on any atom is -0.501 e. The Morgan fingerprint density at radius 3 is 2.44 bits per heavy atom. The maximum absolute atomic E-state index is 11.1. The third kappa shape index (κ3) is 3.00. The number of hydrogen-bond acceptors (Lipinski definition) is 3. The van der Waals surface area contributed by atoms with Crippen molar-refractivity contribution in [2.75, 3.05) is 18.1 Å². The van der Waals surface area contributed by atoms with Crippen LogP contribution in [0, 0.1) is 5.41 Å². The number of allylic oxidation sites excluding steroid dienone is 1. The maximum atomic E-state index is 11.1. The Morgan fingerprint density at radius 1 is 1.25 bits per heavy atom. The summed E-state index contributed by atoms with van der Waals surface area (Å²) in [5, 5.41) is 0. The van der Waals surface area contributed by atoms with Crippen molar-refractivity contribution in [3.05, 3.63) is 11.8 Å². The van der Waals surface area contributed by atoms with Gasteiger partial charge in [-0.3, -0.25) is 0 Å². The van der Waals surface area contributed by atoms with Crippen LogP contribution >= 0.6 is 0 Å². The lowest BCUT2D eigenvalue weighted by Gasteiger charge is -2.36. The summed E-state index contributed by atoms with van der Waals surface area (Å²) in [5.41, 5.74) is 1.24. The summed E-state index contributed by atoms with van der Waals surface area (Å²) in [6.07, 6.45) is 8.02. The van der Waals surface area contributed by atoms with Crippen LogP contribution in [0.3, 0.4) is 0 Å². The highest BCUT2D eigenvalue weighted by Gasteiger charge is 2.45. The molecule has 0 bridgehead atoms. The van der Waals surface area contributed by atoms with Crippen molar-refractivity contribution in [3.8, 4) is 0 Å². The zero-order valence-electron chi connectivity index (χ0n) is 9.87. The zero-order chi connectivity index (χ0) is 11.6. The molecule has 0 aromatic rings. The van der Waals surface area contributed by atoms with E-state index < -0.39 is 9.84 Å². The molecule has 0 N–H and O–H groups in total. The smallest absolute Gasteiger partial charge is 0.151 e. The minimum absolute atomic E-state index is 0.148. The lowest BCUT2D eigenvalue weighted by Crippen LogP contribution is -2.49. The standard InChI is InChI=1S/C12H20O3S/c1-12(9-16(13,14)10-12)8-15-7-11-5-3-2-4-6-11/h7H,2-6,8-10H2,1H3. The van der Waals surface area contributed by atoms with E-state index in [2.05, 4.69) is 0 Å². The van der Waals surface area contributed by atoms with Crippen LogP contribution in [0.2, 0.25) is 0 Å². The highest BCUT2D eigenvalue weighted by Crippen LogP contribution is 2.33. The Bertz CT molecular complexity index is 361. The van der Waals surface area contributed by atoms with Gasteiger partial charge in [0.1, 0.15) is 0 Å². The van der Waals surface area contributed by atoms with Gasteiger partial charge in [-0.25, -0.2) is 8.42 Å². The summed E-state index contributed by atoms with van der Waals surface area (Å²) in [6.45, 7) is 2.52. The van der Waals surface area contributed by atoms with E-state index in [0.717, 1.165) is 12.8 Å². The predicted octanol–water partition coefficient (Wildman–Crippen LogP) is 2.29. The molecule has 2 fully saturated rings. The molecular formula is C12H20O3S. The molecule has 2 rings (SSSR count). The number of ether oxygens (including phenoxy) is 1. The fourth-order valence-electron chi connectivity index (χ4n) is 2.59. The van der Waals surface area contributed by atoms with Crippen LogP contribution in [-0.2, 0) is 14.6 Å². The van der Waals surface area contributed by atoms with E-state index in [4.69, 9.17) is 4.74 Å². The van der Waals surface area contributed by atoms with Gasteiger partial charge in [0.05, 0.1) is 24.4 Å². The average Bonchev–Trinajstić information content (AvgIpc) is 2.16. The van der Waals surface area contributed by atoms with Crippen LogP contribution in [0.5, 0.6) is 0 Å². The molecule has 0 radical (unpaired) electrons. The molecule has 0 atom stereocenters. The molecule has 0 spiro atoms. The summed E-state index contributed by atoms with van der Waals surface area (Å²) >= 11 is 0. The van der Waals surface area contributed by atoms with E-state index in [1.54, 1.807) is 0 Å². The average molecular weight is 244 g/mol. The van der Waals surface area contributed by atoms with E-state index in [0.29, 0.717) is 6.61 Å². The largest absolute Gasteiger partial charge is 0.501 e. The van der Waals surface area contributed by atoms with E-state index in [1.807, 2.05) is 13.2 Å². The van der Waals surface area contributed by atoms with Crippen LogP contribution in [0.1, 0.15) is 39.0 Å². The Morgan fingerprint density at radius 2 is 1.88 bits per heavy atom. The fraction of sp³-hybridized carbons (Fsp3) is 0.833. The van der Waals surface area contributed by atoms with Crippen LogP contribution < -0.4 is 0 Å². The Kier molecular flexibility index (Phi) is 3.29. The van der Waals surface area contributed by atoms with Crippen LogP contribution in [0.15, 0.2) is 11.8 Å². The number of sulfone groups is 1. The number of hydrogen-bond donors (Lipinski definition) is 0. The maximum Gasteiger partial charge on any atom is 0.151 e. The van der Waals surface area contributed by atoms with Crippen LogP contribution in [0.25, 0.3) is 0 Å². The third-order valence-electron chi connectivity index (χ3n) is 3.31. The second-order valence-electron chi connectivity index (χ2n) is 5.49. The molecule has 2 aliphatic rings. The molecule has 0 aromatic heterocycles. The van der Waals surface area contributed by atoms with E-state index in [-0.39, 0.29) is 16.9 Å². The van der Waals surface area contributed by atoms with Gasteiger partial charge in [-0.1, -0.05) is 13.3 Å². The van der Waals surface area contributed by atoms with Gasteiger partial charge in [-0.05, 0) is 31.3 Å². The topological polar surface area (TPSA) is 43.4 Å². The Hall–Kier alpha value is -0.510. The summed E-state index contributed by atoms with van der Waals surface area (Å²) in [7, 11) is -2.75. The first-order valence-electron chi connectivity index (χ1n) is 5.99. The molecule has 92 valence electrons. The molecule has 3 nitrogen and oxygen atoms in total. The SMILES string of the molecule is CC1(COC=C2CCCCC2)CS(=O)(=O)C1. The van der Waals surface area contributed by atoms with E-state index >= 15 is 0 Å². The molecular weight excluding hydrogens is 224 g/mol. The van der Waals surface area contributed by atoms with Crippen molar-refractivity contribution >= 4 is 9.84 Å². The fourth-order valence-corrected chi connectivity index (χ4v) is 4.79. The highest BCUT2D eigenvalue weighted by molar-refractivity contribution is 7.92. The van der Waals surface area contributed by atoms with Crippen molar-refractivity contribution < 1.29 is 13.2 Å². The summed E-state index contributed by atoms with van der Waals surface area (Å²) in [5.74, 6) is 0.562. The summed E-state index contributed by atoms with van der Waals surface area (Å²) < 4.78 is 27.7. The zero-order valence-corrected chi connectivity index (χ0v) is 10.7. The van der Waals surface area contributed by atoms with E-state index in [9.17, 15) is 8.42 Å². The first-order chi connectivity index (χ1) is 7.49. The monoisotopic (exact) mass is 244 g/mol. The van der Waals surface area contributed by atoms with Gasteiger partial charge in [0, 0.05) is 5.41 Å². The van der Waals surface area contributed by atoms with Gasteiger partial charge in [0.15, 0.2) is 9.84 Å². The summed E-state index contributed by atoms with van der Waals surface area (Å²) in [4.78, 5) is 0. The Labute approximate surface area is 97.8 Å². The quantitative estimate of drug-likeness (QED) is 0.715. The van der Waals surface area contributed by atoms with Crippen molar-refractivity contribution in [3.63, 3.8) is 0 Å². The molecule has 0 unspecified atom stereocenters. The van der Waals surface area contributed by atoms with Gasteiger partial charge >= 0.3 is 0 Å². The van der Waals surface area contributed by atoms with Crippen LogP contribution in [0.4, 0.5) is 0 Å². The molecule has 16 heavy (non-hydrogen) atoms. The summed E-state index contributed by atoms with van der Waals surface area (Å²) in [6, 6.07) is 0. The molecule has 0 aromatic carbocycles. The lowest BCUT2D eigenvalue weighted by atomic mass is 9.95. The molecule has 1 saturated heterocycles. The van der Waals surface area contributed by atoms with Gasteiger partial charge in [-0.15, -0.1) is 0 Å². The van der Waals surface area contributed by atoms with Crippen molar-refractivity contribution in [2.24, 2.45) is 5.41 Å². The van der Waals surface area contributed by atoms with Gasteiger partial charge < -0.3 is 4.74 Å². The van der Waals surface area contributed by atoms with Gasteiger partial charge in [-0.2, -0.15) is 0 Å². The van der Waals surface area contributed by atoms with Crippen molar-refractivity contribution in [1.29, 1.82) is 0 Å². The van der Waals surface area contributed by atoms with Crippen molar-refractivity contribution in [2.45, 2.75) is 39.0 Å². The predicted molar refractivity (Wildman–Crippen MR) is 63.9 cm³/mol. The molecule has 4 heteroatoms. The Balaban J connectivity index is 1.76. The third-order valence-corrected chi connectivity index (χ3v) is 5.59. The van der Waals surface area contributed by atoms with Gasteiger partial charge in [0.25, 0.3) is 0 Å². The molecule has 1 aliphatic carbocycles. The second kappa shape index (κ2) is 4.40. The minimum atomic E-state index is -2.75. The first kappa shape index (κ1) is 12.0. The lowest BCUT2D eigenvalue weighted by molar-refractivity contribution is 0.141. The second-order valence-corrected chi connectivity index (χ2v) is 7.56. The number of rotatable bonds is 3. The molecule has 0 amide bonds. The molecule has 1 heterocycles. The van der Waals surface area contributed by atoms with Crippen molar-refractivity contribution in [1.82, 2.24) is 0 Å². The molecule has 1 aliphatic heterocycles. The first-order valence-corrected chi connectivity index (χ1v) is 7.81. The highest BCUT2D eigenvalue weighted by atomic mass is 32.2.